The van der Waals surface area contributed by atoms with E-state index in [1.807, 2.05) is 48.5 Å². The van der Waals surface area contributed by atoms with Gasteiger partial charge >= 0.3 is 5.97 Å². The van der Waals surface area contributed by atoms with E-state index in [1.54, 1.807) is 20.1 Å². The first kappa shape index (κ1) is 20.4. The number of aromatic nitrogens is 2. The Bertz CT molecular complexity index is 1020. The highest BCUT2D eigenvalue weighted by atomic mass is 35.5. The highest BCUT2D eigenvalue weighted by Gasteiger charge is 2.23. The van der Waals surface area contributed by atoms with Crippen molar-refractivity contribution < 1.29 is 19.1 Å². The number of carbonyl (C=O) groups is 2. The molecular formula is C21H20ClN3O4. The molecule has 3 rings (SSSR count). The topological polar surface area (TPSA) is 82.4 Å². The molecule has 0 atom stereocenters. The number of rotatable bonds is 7. The zero-order valence-electron chi connectivity index (χ0n) is 16.0. The van der Waals surface area contributed by atoms with E-state index in [4.69, 9.17) is 21.1 Å². The van der Waals surface area contributed by atoms with Crippen molar-refractivity contribution in [1.29, 1.82) is 0 Å². The summed E-state index contributed by atoms with van der Waals surface area (Å²) in [5.41, 5.74) is 2.08. The first-order chi connectivity index (χ1) is 14.0. The van der Waals surface area contributed by atoms with Gasteiger partial charge in [0.05, 0.1) is 18.5 Å². The molecule has 7 nitrogen and oxygen atoms in total. The molecule has 2 aromatic carbocycles. The van der Waals surface area contributed by atoms with Gasteiger partial charge in [-0.3, -0.25) is 4.79 Å². The maximum atomic E-state index is 12.5. The first-order valence-corrected chi connectivity index (χ1v) is 9.25. The van der Waals surface area contributed by atoms with E-state index in [9.17, 15) is 9.59 Å². The van der Waals surface area contributed by atoms with Gasteiger partial charge in [0.25, 0.3) is 5.91 Å². The van der Waals surface area contributed by atoms with Crippen LogP contribution in [0.25, 0.3) is 5.69 Å². The van der Waals surface area contributed by atoms with Crippen molar-refractivity contribution in [2.75, 3.05) is 13.7 Å². The molecule has 0 aliphatic rings. The van der Waals surface area contributed by atoms with Gasteiger partial charge in [-0.15, -0.1) is 0 Å². The number of nitrogens with zero attached hydrogens (tertiary/aromatic N) is 2. The van der Waals surface area contributed by atoms with Gasteiger partial charge in [-0.1, -0.05) is 48.0 Å². The van der Waals surface area contributed by atoms with Gasteiger partial charge in [0.2, 0.25) is 0 Å². The van der Waals surface area contributed by atoms with Crippen molar-refractivity contribution in [3.8, 4) is 11.4 Å². The number of halogens is 1. The highest BCUT2D eigenvalue weighted by molar-refractivity contribution is 6.33. The van der Waals surface area contributed by atoms with Crippen LogP contribution in [0.15, 0.2) is 54.6 Å². The van der Waals surface area contributed by atoms with Crippen molar-refractivity contribution in [2.45, 2.75) is 13.5 Å². The summed E-state index contributed by atoms with van der Waals surface area (Å²) in [6.07, 6.45) is 0. The van der Waals surface area contributed by atoms with Crippen LogP contribution in [0.3, 0.4) is 0 Å². The highest BCUT2D eigenvalue weighted by Crippen LogP contribution is 2.24. The van der Waals surface area contributed by atoms with Crippen molar-refractivity contribution in [3.63, 3.8) is 0 Å². The average molecular weight is 414 g/mol. The minimum Gasteiger partial charge on any atom is -0.496 e. The number of carbonyl (C=O) groups excluding carboxylic acids is 2. The number of esters is 1. The summed E-state index contributed by atoms with van der Waals surface area (Å²) in [5, 5.41) is 7.12. The van der Waals surface area contributed by atoms with Crippen LogP contribution in [0.2, 0.25) is 5.15 Å². The Labute approximate surface area is 173 Å². The lowest BCUT2D eigenvalue weighted by Crippen LogP contribution is -2.28. The Morgan fingerprint density at radius 1 is 1.10 bits per heavy atom. The van der Waals surface area contributed by atoms with Crippen molar-refractivity contribution in [3.05, 3.63) is 76.6 Å². The Morgan fingerprint density at radius 3 is 2.52 bits per heavy atom. The van der Waals surface area contributed by atoms with E-state index in [0.29, 0.717) is 17.1 Å². The van der Waals surface area contributed by atoms with Crippen LogP contribution in [-0.4, -0.2) is 35.4 Å². The average Bonchev–Trinajstić information content (AvgIpc) is 3.05. The van der Waals surface area contributed by atoms with Gasteiger partial charge in [0.15, 0.2) is 6.61 Å². The Balaban J connectivity index is 1.61. The minimum absolute atomic E-state index is 0.132. The van der Waals surface area contributed by atoms with Crippen LogP contribution in [0.5, 0.6) is 5.75 Å². The van der Waals surface area contributed by atoms with Crippen LogP contribution in [0, 0.1) is 6.92 Å². The van der Waals surface area contributed by atoms with E-state index in [2.05, 4.69) is 10.4 Å². The molecule has 0 aliphatic heterocycles. The fraction of sp³-hybridized carbons (Fsp3) is 0.190. The zero-order valence-corrected chi connectivity index (χ0v) is 16.8. The third-order valence-electron chi connectivity index (χ3n) is 4.21. The number of hydrogen-bond donors (Lipinski definition) is 1. The summed E-state index contributed by atoms with van der Waals surface area (Å²) in [7, 11) is 1.56. The van der Waals surface area contributed by atoms with E-state index in [1.165, 1.54) is 4.68 Å². The Kier molecular flexibility index (Phi) is 6.51. The molecule has 0 bridgehead atoms. The fourth-order valence-corrected chi connectivity index (χ4v) is 3.12. The van der Waals surface area contributed by atoms with Gasteiger partial charge in [0, 0.05) is 12.1 Å². The minimum atomic E-state index is -0.706. The quantitative estimate of drug-likeness (QED) is 0.601. The second-order valence-corrected chi connectivity index (χ2v) is 6.52. The molecule has 3 aromatic rings. The third-order valence-corrected chi connectivity index (χ3v) is 4.56. The predicted molar refractivity (Wildman–Crippen MR) is 108 cm³/mol. The van der Waals surface area contributed by atoms with Crippen LogP contribution < -0.4 is 10.1 Å². The molecule has 150 valence electrons. The lowest BCUT2D eigenvalue weighted by molar-refractivity contribution is -0.124. The molecule has 8 heteroatoms. The number of benzene rings is 2. The molecule has 0 saturated carbocycles. The first-order valence-electron chi connectivity index (χ1n) is 8.87. The lowest BCUT2D eigenvalue weighted by Gasteiger charge is -2.10. The summed E-state index contributed by atoms with van der Waals surface area (Å²) in [6.45, 7) is 1.48. The smallest absolute Gasteiger partial charge is 0.343 e. The predicted octanol–water partition coefficient (Wildman–Crippen LogP) is 3.32. The number of nitrogens with one attached hydrogen (secondary N) is 1. The summed E-state index contributed by atoms with van der Waals surface area (Å²) >= 11 is 6.33. The van der Waals surface area contributed by atoms with Crippen molar-refractivity contribution in [1.82, 2.24) is 15.1 Å². The number of methoxy groups -OCH3 is 1. The molecule has 29 heavy (non-hydrogen) atoms. The largest absolute Gasteiger partial charge is 0.496 e. The number of hydrogen-bond acceptors (Lipinski definition) is 5. The van der Waals surface area contributed by atoms with E-state index >= 15 is 0 Å². The van der Waals surface area contributed by atoms with Crippen LogP contribution in [0.4, 0.5) is 0 Å². The van der Waals surface area contributed by atoms with E-state index in [-0.39, 0.29) is 17.3 Å². The third kappa shape index (κ3) is 4.75. The Morgan fingerprint density at radius 2 is 1.79 bits per heavy atom. The molecule has 0 unspecified atom stereocenters. The lowest BCUT2D eigenvalue weighted by atomic mass is 10.2. The van der Waals surface area contributed by atoms with Gasteiger partial charge in [-0.25, -0.2) is 9.48 Å². The SMILES string of the molecule is COc1ccccc1CNC(=O)COC(=O)c1c(C)nn(-c2ccccc2)c1Cl. The molecule has 0 saturated heterocycles. The molecule has 1 amide bonds. The molecular weight excluding hydrogens is 394 g/mol. The molecule has 0 fully saturated rings. The number of aryl methyl sites for hydroxylation is 1. The van der Waals surface area contributed by atoms with E-state index < -0.39 is 18.5 Å². The molecule has 0 spiro atoms. The van der Waals surface area contributed by atoms with Gasteiger partial charge < -0.3 is 14.8 Å². The fourth-order valence-electron chi connectivity index (χ4n) is 2.77. The second kappa shape index (κ2) is 9.25. The van der Waals surface area contributed by atoms with Crippen LogP contribution in [-0.2, 0) is 16.1 Å². The van der Waals surface area contributed by atoms with Crippen molar-refractivity contribution in [2.24, 2.45) is 0 Å². The van der Waals surface area contributed by atoms with Gasteiger partial charge in [0.1, 0.15) is 16.5 Å². The van der Waals surface area contributed by atoms with Gasteiger partial charge in [-0.2, -0.15) is 5.10 Å². The summed E-state index contributed by atoms with van der Waals surface area (Å²) in [4.78, 5) is 24.5. The monoisotopic (exact) mass is 413 g/mol. The number of amides is 1. The number of para-hydroxylation sites is 2. The summed E-state index contributed by atoms with van der Waals surface area (Å²) in [5.74, 6) is -0.476. The standard InChI is InChI=1S/C21H20ClN3O4/c1-14-19(20(22)25(24-14)16-9-4-3-5-10-16)21(27)29-13-18(26)23-12-15-8-6-7-11-17(15)28-2/h3-11H,12-13H2,1-2H3,(H,23,26). The molecule has 1 N–H and O–H groups in total. The normalized spacial score (nSPS) is 10.4. The molecule has 1 aromatic heterocycles. The van der Waals surface area contributed by atoms with Crippen molar-refractivity contribution >= 4 is 23.5 Å². The van der Waals surface area contributed by atoms with E-state index in [0.717, 1.165) is 5.56 Å². The Hall–Kier alpha value is -3.32. The molecule has 0 radical (unpaired) electrons. The number of ether oxygens (including phenoxy) is 2. The van der Waals surface area contributed by atoms with Crippen LogP contribution >= 0.6 is 11.6 Å². The molecule has 1 heterocycles. The second-order valence-electron chi connectivity index (χ2n) is 6.16. The summed E-state index contributed by atoms with van der Waals surface area (Å²) in [6, 6.07) is 16.5. The maximum Gasteiger partial charge on any atom is 0.343 e. The van der Waals surface area contributed by atoms with Gasteiger partial charge in [-0.05, 0) is 25.1 Å². The van der Waals surface area contributed by atoms with Crippen LogP contribution in [0.1, 0.15) is 21.6 Å². The zero-order chi connectivity index (χ0) is 20.8. The summed E-state index contributed by atoms with van der Waals surface area (Å²) < 4.78 is 11.8. The molecule has 0 aliphatic carbocycles. The maximum absolute atomic E-state index is 12.5.